The summed E-state index contributed by atoms with van der Waals surface area (Å²) < 4.78 is 8.52. The molecule has 5 heteroatoms. The fourth-order valence-corrected chi connectivity index (χ4v) is 1.22. The van der Waals surface area contributed by atoms with Gasteiger partial charge in [-0.15, -0.1) is 0 Å². The van der Waals surface area contributed by atoms with Crippen molar-refractivity contribution < 1.29 is 9.53 Å². The molecule has 0 heterocycles. The fraction of sp³-hybridized carbons (Fsp3) is 0.800. The summed E-state index contributed by atoms with van der Waals surface area (Å²) in [4.78, 5) is 10.7. The fourth-order valence-electron chi connectivity index (χ4n) is 0.313. The summed E-state index contributed by atoms with van der Waals surface area (Å²) in [6, 6.07) is 0. The maximum Gasteiger partial charge on any atom is 0.376 e. The first kappa shape index (κ1) is 10.3. The van der Waals surface area contributed by atoms with Crippen molar-refractivity contribution in [3.8, 4) is 0 Å². The Morgan fingerprint density at radius 3 is 2.40 bits per heavy atom. The Hall–Kier alpha value is 0.300. The average molecular weight is 273 g/mol. The molecule has 0 atom stereocenters. The van der Waals surface area contributed by atoms with Gasteiger partial charge >= 0.3 is 5.71 Å². The van der Waals surface area contributed by atoms with E-state index < -0.39 is 5.60 Å². The lowest BCUT2D eigenvalue weighted by molar-refractivity contribution is 0.0734. The minimum atomic E-state index is -0.397. The zero-order valence-electron chi connectivity index (χ0n) is 6.09. The van der Waals surface area contributed by atoms with E-state index >= 15 is 0 Å². The minimum absolute atomic E-state index is 0.304. The van der Waals surface area contributed by atoms with Crippen molar-refractivity contribution in [3.05, 3.63) is 0 Å². The lowest BCUT2D eigenvalue weighted by Crippen LogP contribution is -2.20. The van der Waals surface area contributed by atoms with Crippen LogP contribution >= 0.6 is 31.2 Å². The molecule has 0 aromatic carbocycles. The van der Waals surface area contributed by atoms with Crippen molar-refractivity contribution in [3.63, 3.8) is 0 Å². The van der Waals surface area contributed by atoms with Crippen LogP contribution in [0.5, 0.6) is 0 Å². The summed E-state index contributed by atoms with van der Waals surface area (Å²) in [5.41, 5.74) is -0.701. The van der Waals surface area contributed by atoms with Crippen molar-refractivity contribution in [1.29, 1.82) is 0 Å². The first-order chi connectivity index (χ1) is 4.45. The monoisotopic (exact) mass is 273 g/mol. The highest BCUT2D eigenvalue weighted by Gasteiger charge is 2.14. The van der Waals surface area contributed by atoms with Gasteiger partial charge in [-0.25, -0.2) is 4.79 Å². The second-order valence-corrected chi connectivity index (χ2v) is 4.67. The molecular formula is C5H9INO2P. The highest BCUT2D eigenvalue weighted by molar-refractivity contribution is 14.1. The van der Waals surface area contributed by atoms with Crippen molar-refractivity contribution in [1.82, 2.24) is 0 Å². The molecule has 0 unspecified atom stereocenters. The Morgan fingerprint density at radius 2 is 2.10 bits per heavy atom. The van der Waals surface area contributed by atoms with Crippen molar-refractivity contribution in [2.75, 3.05) is 0 Å². The number of rotatable bonds is 1. The molecule has 3 nitrogen and oxygen atoms in total. The maximum atomic E-state index is 10.7. The van der Waals surface area contributed by atoms with Gasteiger partial charge in [0.15, 0.2) is 0 Å². The van der Waals surface area contributed by atoms with E-state index in [0.29, 0.717) is 8.37 Å². The first-order valence-corrected chi connectivity index (χ1v) is 4.52. The van der Waals surface area contributed by atoms with E-state index in [4.69, 9.17) is 4.74 Å². The Balaban J connectivity index is 3.81. The summed E-state index contributed by atoms with van der Waals surface area (Å²) in [7, 11) is 0.361. The first-order valence-electron chi connectivity index (χ1n) is 2.71. The van der Waals surface area contributed by atoms with E-state index in [-0.39, 0.29) is 5.71 Å². The van der Waals surface area contributed by atoms with E-state index in [9.17, 15) is 4.79 Å². The molecule has 0 aliphatic rings. The molecule has 0 radical (unpaired) electrons. The molecular weight excluding hydrogens is 264 g/mol. The number of hydrogen-bond acceptors (Lipinski definition) is 3. The smallest absolute Gasteiger partial charge is 0.376 e. The van der Waals surface area contributed by atoms with Gasteiger partial charge in [0.05, 0.1) is 22.9 Å². The number of hydrogen-bond donors (Lipinski definition) is 0. The van der Waals surface area contributed by atoms with Crippen molar-refractivity contribution in [2.24, 2.45) is 2.96 Å². The summed E-state index contributed by atoms with van der Waals surface area (Å²) in [6.07, 6.45) is 0. The largest absolute Gasteiger partial charge is 0.452 e. The van der Waals surface area contributed by atoms with Crippen LogP contribution in [0.15, 0.2) is 2.96 Å². The second-order valence-electron chi connectivity index (χ2n) is 2.66. The van der Waals surface area contributed by atoms with Crippen molar-refractivity contribution in [2.45, 2.75) is 26.4 Å². The Labute approximate surface area is 75.9 Å². The number of ether oxygens (including phenoxy) is 1. The molecule has 10 heavy (non-hydrogen) atoms. The van der Waals surface area contributed by atoms with Gasteiger partial charge in [0.2, 0.25) is 0 Å². The van der Waals surface area contributed by atoms with E-state index in [0.717, 1.165) is 0 Å². The topological polar surface area (TPSA) is 38.7 Å². The van der Waals surface area contributed by atoms with Gasteiger partial charge < -0.3 is 4.74 Å². The van der Waals surface area contributed by atoms with Crippen LogP contribution in [0.25, 0.3) is 0 Å². The van der Waals surface area contributed by atoms with Crippen LogP contribution in [-0.4, -0.2) is 11.3 Å². The van der Waals surface area contributed by atoms with Gasteiger partial charge in [0.25, 0.3) is 0 Å². The van der Waals surface area contributed by atoms with Gasteiger partial charge in [-0.3, -0.25) is 0 Å². The normalized spacial score (nSPS) is 12.0. The number of carbonyl (C=O) groups is 1. The molecule has 0 fully saturated rings. The number of nitrogens with zero attached hydrogens (tertiary/aromatic N) is 1. The Bertz CT molecular complexity index is 152. The van der Waals surface area contributed by atoms with Crippen LogP contribution in [0.2, 0.25) is 0 Å². The van der Waals surface area contributed by atoms with Gasteiger partial charge in [0, 0.05) is 0 Å². The quantitative estimate of drug-likeness (QED) is 0.542. The van der Waals surface area contributed by atoms with E-state index in [1.165, 1.54) is 0 Å². The van der Waals surface area contributed by atoms with Crippen LogP contribution in [0.4, 0.5) is 4.79 Å². The minimum Gasteiger partial charge on any atom is -0.452 e. The maximum absolute atomic E-state index is 10.7. The van der Waals surface area contributed by atoms with Gasteiger partial charge in [-0.2, -0.15) is 2.96 Å². The van der Waals surface area contributed by atoms with Crippen molar-refractivity contribution >= 4 is 36.9 Å². The Morgan fingerprint density at radius 1 is 1.60 bits per heavy atom. The lowest BCUT2D eigenvalue weighted by Gasteiger charge is -2.16. The van der Waals surface area contributed by atoms with Gasteiger partial charge in [-0.1, -0.05) is 0 Å². The molecule has 0 saturated heterocycles. The standard InChI is InChI=1S/C5H9INO2P/c1-5(2,3)9-4(8)10-7-6/h1-3H3. The van der Waals surface area contributed by atoms with Gasteiger partial charge in [-0.05, 0) is 20.8 Å². The highest BCUT2D eigenvalue weighted by Crippen LogP contribution is 2.15. The molecule has 58 valence electrons. The summed E-state index contributed by atoms with van der Waals surface area (Å²) in [6.45, 7) is 5.48. The molecule has 0 aliphatic heterocycles. The SMILES string of the molecule is CC(C)(C)OC(=O)/P=N/I. The molecule has 0 bridgehead atoms. The molecule has 0 rings (SSSR count). The summed E-state index contributed by atoms with van der Waals surface area (Å²) in [5, 5.41) is 0. The third kappa shape index (κ3) is 6.42. The third-order valence-corrected chi connectivity index (χ3v) is 1.49. The van der Waals surface area contributed by atoms with E-state index in [1.54, 1.807) is 22.9 Å². The van der Waals surface area contributed by atoms with Gasteiger partial charge in [0.1, 0.15) is 14.0 Å². The summed E-state index contributed by atoms with van der Waals surface area (Å²) in [5.74, 6) is 0. The zero-order chi connectivity index (χ0) is 8.20. The molecule has 0 aliphatic carbocycles. The second kappa shape index (κ2) is 4.23. The van der Waals surface area contributed by atoms with Crippen LogP contribution in [-0.2, 0) is 4.74 Å². The average Bonchev–Trinajstić information content (AvgIpc) is 1.59. The molecule has 0 aromatic rings. The van der Waals surface area contributed by atoms with Crippen LogP contribution < -0.4 is 0 Å². The summed E-state index contributed by atoms with van der Waals surface area (Å²) >= 11 is 1.77. The third-order valence-electron chi connectivity index (χ3n) is 0.513. The van der Waals surface area contributed by atoms with E-state index in [1.807, 2.05) is 20.8 Å². The molecule has 0 aromatic heterocycles. The predicted octanol–water partition coefficient (Wildman–Crippen LogP) is 3.40. The molecule has 0 spiro atoms. The number of halogens is 1. The van der Waals surface area contributed by atoms with E-state index in [2.05, 4.69) is 2.96 Å². The highest BCUT2D eigenvalue weighted by atomic mass is 127. The van der Waals surface area contributed by atoms with Crippen LogP contribution in [0, 0.1) is 0 Å². The Kier molecular flexibility index (Phi) is 4.36. The molecule has 0 amide bonds. The number of carbonyl (C=O) groups excluding carboxylic acids is 1. The lowest BCUT2D eigenvalue weighted by atomic mass is 10.2. The predicted molar refractivity (Wildman–Crippen MR) is 49.6 cm³/mol. The molecule has 0 N–H and O–H groups in total. The van der Waals surface area contributed by atoms with Crippen LogP contribution in [0.3, 0.4) is 0 Å². The van der Waals surface area contributed by atoms with Crippen LogP contribution in [0.1, 0.15) is 20.8 Å². The zero-order valence-corrected chi connectivity index (χ0v) is 9.14. The molecule has 0 saturated carbocycles.